The molecule has 0 atom stereocenters. The summed E-state index contributed by atoms with van der Waals surface area (Å²) in [4.78, 5) is 11.3. The van der Waals surface area contributed by atoms with Crippen molar-refractivity contribution in [1.82, 2.24) is 0 Å². The van der Waals surface area contributed by atoms with Crippen LogP contribution in [0.5, 0.6) is 0 Å². The summed E-state index contributed by atoms with van der Waals surface area (Å²) in [7, 11) is 0. The molecule has 0 aromatic carbocycles. The van der Waals surface area contributed by atoms with Crippen molar-refractivity contribution in [2.45, 2.75) is 26.2 Å². The maximum absolute atomic E-state index is 11.3. The maximum Gasteiger partial charge on any atom is 0.160 e. The minimum Gasteiger partial charge on any atom is -0.373 e. The van der Waals surface area contributed by atoms with E-state index in [0.29, 0.717) is 19.6 Å². The predicted octanol–water partition coefficient (Wildman–Crippen LogP) is 2.26. The second-order valence-electron chi connectivity index (χ2n) is 3.13. The molecule has 0 spiro atoms. The van der Waals surface area contributed by atoms with Crippen LogP contribution in [0.4, 0.5) is 0 Å². The Morgan fingerprint density at radius 3 is 3.15 bits per heavy atom. The minimum atomic E-state index is 0.256. The zero-order chi connectivity index (χ0) is 9.52. The number of carbonyl (C=O) groups excluding carboxylic acids is 1. The van der Waals surface area contributed by atoms with Gasteiger partial charge in [-0.1, -0.05) is 18.2 Å². The first kappa shape index (κ1) is 10.2. The van der Waals surface area contributed by atoms with Gasteiger partial charge in [0.2, 0.25) is 0 Å². The van der Waals surface area contributed by atoms with Gasteiger partial charge in [0.05, 0.1) is 13.2 Å². The second kappa shape index (κ2) is 5.70. The molecule has 2 heteroatoms. The smallest absolute Gasteiger partial charge is 0.160 e. The van der Waals surface area contributed by atoms with E-state index < -0.39 is 0 Å². The first-order valence-electron chi connectivity index (χ1n) is 4.75. The van der Waals surface area contributed by atoms with Gasteiger partial charge in [0.1, 0.15) is 0 Å². The largest absolute Gasteiger partial charge is 0.373 e. The Balaban J connectivity index is 2.27. The van der Waals surface area contributed by atoms with Crippen LogP contribution in [0.15, 0.2) is 23.8 Å². The van der Waals surface area contributed by atoms with Crippen molar-refractivity contribution >= 4 is 5.78 Å². The third kappa shape index (κ3) is 3.55. The molecule has 1 rings (SSSR count). The van der Waals surface area contributed by atoms with E-state index in [2.05, 4.69) is 0 Å². The standard InChI is InChI=1S/C11H16O2/c1-2-3-8-13-9-10-6-4-5-7-11(10)12/h2-3,6H,4-5,7-9H2,1H3/b3-2+. The Bertz CT molecular complexity index is 226. The van der Waals surface area contributed by atoms with Crippen LogP contribution in [-0.4, -0.2) is 19.0 Å². The van der Waals surface area contributed by atoms with Gasteiger partial charge in [-0.15, -0.1) is 0 Å². The van der Waals surface area contributed by atoms with Crippen LogP contribution in [0.3, 0.4) is 0 Å². The van der Waals surface area contributed by atoms with Gasteiger partial charge in [0.25, 0.3) is 0 Å². The van der Waals surface area contributed by atoms with Gasteiger partial charge in [-0.2, -0.15) is 0 Å². The van der Waals surface area contributed by atoms with Crippen molar-refractivity contribution in [3.05, 3.63) is 23.8 Å². The van der Waals surface area contributed by atoms with Crippen LogP contribution in [0.2, 0.25) is 0 Å². The number of allylic oxidation sites excluding steroid dienone is 2. The summed E-state index contributed by atoms with van der Waals surface area (Å²) < 4.78 is 5.31. The molecule has 1 aliphatic rings. The van der Waals surface area contributed by atoms with Gasteiger partial charge in [0.15, 0.2) is 5.78 Å². The molecule has 72 valence electrons. The molecule has 0 aliphatic heterocycles. The molecule has 0 saturated heterocycles. The zero-order valence-electron chi connectivity index (χ0n) is 8.08. The lowest BCUT2D eigenvalue weighted by Gasteiger charge is -2.10. The molecule has 0 heterocycles. The Kier molecular flexibility index (Phi) is 4.47. The fourth-order valence-electron chi connectivity index (χ4n) is 1.29. The fraction of sp³-hybridized carbons (Fsp3) is 0.545. The van der Waals surface area contributed by atoms with E-state index >= 15 is 0 Å². The Hall–Kier alpha value is -0.890. The summed E-state index contributed by atoms with van der Waals surface area (Å²) >= 11 is 0. The van der Waals surface area contributed by atoms with Crippen LogP contribution >= 0.6 is 0 Å². The van der Waals surface area contributed by atoms with Crippen LogP contribution in [0, 0.1) is 0 Å². The quantitative estimate of drug-likeness (QED) is 0.490. The number of rotatable bonds is 4. The van der Waals surface area contributed by atoms with E-state index in [1.54, 1.807) is 0 Å². The van der Waals surface area contributed by atoms with Crippen LogP contribution in [-0.2, 0) is 9.53 Å². The van der Waals surface area contributed by atoms with Crippen molar-refractivity contribution < 1.29 is 9.53 Å². The van der Waals surface area contributed by atoms with E-state index in [1.807, 2.05) is 25.2 Å². The van der Waals surface area contributed by atoms with Gasteiger partial charge < -0.3 is 4.74 Å². The highest BCUT2D eigenvalue weighted by atomic mass is 16.5. The first-order chi connectivity index (χ1) is 6.34. The fourth-order valence-corrected chi connectivity index (χ4v) is 1.29. The topological polar surface area (TPSA) is 26.3 Å². The first-order valence-corrected chi connectivity index (χ1v) is 4.75. The summed E-state index contributed by atoms with van der Waals surface area (Å²) in [5, 5.41) is 0. The third-order valence-corrected chi connectivity index (χ3v) is 2.06. The molecule has 0 radical (unpaired) electrons. The van der Waals surface area contributed by atoms with Crippen molar-refractivity contribution in [1.29, 1.82) is 0 Å². The summed E-state index contributed by atoms with van der Waals surface area (Å²) in [6.45, 7) is 3.03. The van der Waals surface area contributed by atoms with E-state index in [-0.39, 0.29) is 5.78 Å². The minimum absolute atomic E-state index is 0.256. The average Bonchev–Trinajstić information content (AvgIpc) is 2.15. The molecule has 0 aromatic rings. The normalized spacial score (nSPS) is 17.9. The summed E-state index contributed by atoms with van der Waals surface area (Å²) in [5.41, 5.74) is 0.857. The monoisotopic (exact) mass is 180 g/mol. The lowest BCUT2D eigenvalue weighted by atomic mass is 9.99. The van der Waals surface area contributed by atoms with Crippen LogP contribution < -0.4 is 0 Å². The molecule has 0 bridgehead atoms. The molecular formula is C11H16O2. The van der Waals surface area contributed by atoms with Crippen molar-refractivity contribution in [2.75, 3.05) is 13.2 Å². The zero-order valence-corrected chi connectivity index (χ0v) is 8.08. The molecular weight excluding hydrogens is 164 g/mol. The number of ketones is 1. The number of Topliss-reactive ketones (excluding diaryl/α,β-unsaturated/α-hetero) is 1. The van der Waals surface area contributed by atoms with Gasteiger partial charge in [-0.25, -0.2) is 0 Å². The average molecular weight is 180 g/mol. The number of ether oxygens (including phenoxy) is 1. The highest BCUT2D eigenvalue weighted by Crippen LogP contribution is 2.13. The third-order valence-electron chi connectivity index (χ3n) is 2.06. The lowest BCUT2D eigenvalue weighted by molar-refractivity contribution is -0.116. The number of hydrogen-bond acceptors (Lipinski definition) is 2. The van der Waals surface area contributed by atoms with E-state index in [0.717, 1.165) is 18.4 Å². The molecule has 0 aromatic heterocycles. The molecule has 13 heavy (non-hydrogen) atoms. The Labute approximate surface area is 79.3 Å². The maximum atomic E-state index is 11.3. The van der Waals surface area contributed by atoms with E-state index in [4.69, 9.17) is 4.74 Å². The molecule has 2 nitrogen and oxygen atoms in total. The number of hydrogen-bond donors (Lipinski definition) is 0. The Morgan fingerprint density at radius 2 is 2.46 bits per heavy atom. The van der Waals surface area contributed by atoms with Gasteiger partial charge in [-0.05, 0) is 19.8 Å². The predicted molar refractivity (Wildman–Crippen MR) is 52.6 cm³/mol. The molecule has 0 saturated carbocycles. The van der Waals surface area contributed by atoms with Crippen molar-refractivity contribution in [3.63, 3.8) is 0 Å². The van der Waals surface area contributed by atoms with Gasteiger partial charge in [-0.3, -0.25) is 4.79 Å². The van der Waals surface area contributed by atoms with E-state index in [9.17, 15) is 4.79 Å². The Morgan fingerprint density at radius 1 is 1.62 bits per heavy atom. The van der Waals surface area contributed by atoms with Gasteiger partial charge >= 0.3 is 0 Å². The highest BCUT2D eigenvalue weighted by molar-refractivity contribution is 5.96. The second-order valence-corrected chi connectivity index (χ2v) is 3.13. The molecule has 0 N–H and O–H groups in total. The van der Waals surface area contributed by atoms with Crippen LogP contribution in [0.25, 0.3) is 0 Å². The summed E-state index contributed by atoms with van der Waals surface area (Å²) in [5.74, 6) is 0.256. The highest BCUT2D eigenvalue weighted by Gasteiger charge is 2.12. The molecule has 0 amide bonds. The van der Waals surface area contributed by atoms with Gasteiger partial charge in [0, 0.05) is 12.0 Å². The summed E-state index contributed by atoms with van der Waals surface area (Å²) in [6, 6.07) is 0. The summed E-state index contributed by atoms with van der Waals surface area (Å²) in [6.07, 6.45) is 8.59. The molecule has 0 unspecified atom stereocenters. The lowest BCUT2D eigenvalue weighted by Crippen LogP contribution is -2.12. The van der Waals surface area contributed by atoms with Crippen LogP contribution in [0.1, 0.15) is 26.2 Å². The van der Waals surface area contributed by atoms with E-state index in [1.165, 1.54) is 0 Å². The van der Waals surface area contributed by atoms with Crippen molar-refractivity contribution in [2.24, 2.45) is 0 Å². The van der Waals surface area contributed by atoms with Crippen molar-refractivity contribution in [3.8, 4) is 0 Å². The SMILES string of the molecule is C/C=C/COCC1=CCCCC1=O. The molecule has 0 fully saturated rings. The number of carbonyl (C=O) groups is 1. The molecule has 1 aliphatic carbocycles.